The summed E-state index contributed by atoms with van der Waals surface area (Å²) < 4.78 is 0. The van der Waals surface area contributed by atoms with E-state index >= 15 is 0 Å². The normalized spacial score (nSPS) is 21.4. The van der Waals surface area contributed by atoms with Gasteiger partial charge in [-0.15, -0.1) is 0 Å². The van der Waals surface area contributed by atoms with Crippen molar-refractivity contribution in [3.8, 4) is 0 Å². The van der Waals surface area contributed by atoms with Crippen LogP contribution in [0.25, 0.3) is 10.9 Å². The van der Waals surface area contributed by atoms with E-state index in [4.69, 9.17) is 16.6 Å². The molecule has 0 spiro atoms. The lowest BCUT2D eigenvalue weighted by atomic mass is 10.2. The molecule has 0 bridgehead atoms. The molecule has 24 heavy (non-hydrogen) atoms. The molecule has 2 aromatic rings. The highest BCUT2D eigenvalue weighted by molar-refractivity contribution is 6.35. The minimum atomic E-state index is 0.748. The third kappa shape index (κ3) is 3.58. The highest BCUT2D eigenvalue weighted by atomic mass is 35.5. The largest absolute Gasteiger partial charge is 0.299 e. The quantitative estimate of drug-likeness (QED) is 0.826. The van der Waals surface area contributed by atoms with Crippen molar-refractivity contribution in [2.45, 2.75) is 44.7 Å². The Hall–Kier alpha value is -1.16. The van der Waals surface area contributed by atoms with E-state index in [2.05, 4.69) is 28.0 Å². The molecule has 2 heterocycles. The van der Waals surface area contributed by atoms with Crippen LogP contribution in [-0.4, -0.2) is 47.0 Å². The first-order valence-electron chi connectivity index (χ1n) is 9.30. The summed E-state index contributed by atoms with van der Waals surface area (Å²) in [5, 5.41) is 1.87. The fourth-order valence-corrected chi connectivity index (χ4v) is 4.48. The average molecular weight is 344 g/mol. The first kappa shape index (κ1) is 16.3. The van der Waals surface area contributed by atoms with E-state index in [1.165, 1.54) is 51.7 Å². The summed E-state index contributed by atoms with van der Waals surface area (Å²) in [7, 11) is 0. The Kier molecular flexibility index (Phi) is 5.02. The lowest BCUT2D eigenvalue weighted by Gasteiger charge is -2.27. The Morgan fingerprint density at radius 1 is 0.958 bits per heavy atom. The second-order valence-corrected chi connectivity index (χ2v) is 7.63. The van der Waals surface area contributed by atoms with Crippen LogP contribution in [0.5, 0.6) is 0 Å². The molecule has 0 atom stereocenters. The molecule has 4 heteroatoms. The predicted molar refractivity (Wildman–Crippen MR) is 100 cm³/mol. The smallest absolute Gasteiger partial charge is 0.0891 e. The predicted octanol–water partition coefficient (Wildman–Crippen LogP) is 4.34. The molecule has 1 saturated carbocycles. The van der Waals surface area contributed by atoms with Crippen LogP contribution in [-0.2, 0) is 6.54 Å². The van der Waals surface area contributed by atoms with Gasteiger partial charge in [-0.3, -0.25) is 9.80 Å². The van der Waals surface area contributed by atoms with Crippen molar-refractivity contribution >= 4 is 22.5 Å². The molecule has 4 rings (SSSR count). The Morgan fingerprint density at radius 2 is 1.83 bits per heavy atom. The fourth-order valence-electron chi connectivity index (χ4n) is 4.25. The van der Waals surface area contributed by atoms with Gasteiger partial charge in [0.05, 0.1) is 16.2 Å². The Bertz CT molecular complexity index is 696. The van der Waals surface area contributed by atoms with Crippen LogP contribution in [0.3, 0.4) is 0 Å². The third-order valence-electron chi connectivity index (χ3n) is 5.58. The molecular formula is C20H26ClN3. The van der Waals surface area contributed by atoms with Gasteiger partial charge in [-0.25, -0.2) is 4.98 Å². The SMILES string of the molecule is Clc1cccc2ccc(CN3CCCN(C4CCCC4)CC3)nc12. The van der Waals surface area contributed by atoms with Crippen molar-refractivity contribution in [1.82, 2.24) is 14.8 Å². The summed E-state index contributed by atoms with van der Waals surface area (Å²) >= 11 is 6.31. The molecule has 1 saturated heterocycles. The molecule has 0 unspecified atom stereocenters. The van der Waals surface area contributed by atoms with Gasteiger partial charge in [0.1, 0.15) is 0 Å². The summed E-state index contributed by atoms with van der Waals surface area (Å²) in [5.41, 5.74) is 2.06. The molecular weight excluding hydrogens is 318 g/mol. The zero-order chi connectivity index (χ0) is 16.4. The van der Waals surface area contributed by atoms with Crippen molar-refractivity contribution < 1.29 is 0 Å². The van der Waals surface area contributed by atoms with Crippen LogP contribution in [0.1, 0.15) is 37.8 Å². The van der Waals surface area contributed by atoms with Crippen molar-refractivity contribution in [2.75, 3.05) is 26.2 Å². The van der Waals surface area contributed by atoms with Crippen LogP contribution in [0.15, 0.2) is 30.3 Å². The molecule has 0 N–H and O–H groups in total. The van der Waals surface area contributed by atoms with E-state index in [1.54, 1.807) is 0 Å². The maximum Gasteiger partial charge on any atom is 0.0891 e. The standard InChI is InChI=1S/C20H26ClN3/c21-19-8-3-5-16-9-10-17(22-20(16)19)15-23-11-4-12-24(14-13-23)18-6-1-2-7-18/h3,5,8-10,18H,1-2,4,6-7,11-15H2. The average Bonchev–Trinajstić information content (AvgIpc) is 3.03. The lowest BCUT2D eigenvalue weighted by molar-refractivity contribution is 0.198. The number of aromatic nitrogens is 1. The van der Waals surface area contributed by atoms with Gasteiger partial charge in [-0.05, 0) is 44.5 Å². The molecule has 1 aliphatic heterocycles. The first-order valence-corrected chi connectivity index (χ1v) is 9.68. The number of para-hydroxylation sites is 1. The van der Waals surface area contributed by atoms with Crippen LogP contribution >= 0.6 is 11.6 Å². The minimum absolute atomic E-state index is 0.748. The second kappa shape index (κ2) is 7.38. The van der Waals surface area contributed by atoms with Crippen LogP contribution in [0, 0.1) is 0 Å². The van der Waals surface area contributed by atoms with Gasteiger partial charge in [-0.2, -0.15) is 0 Å². The van der Waals surface area contributed by atoms with Crippen LogP contribution < -0.4 is 0 Å². The van der Waals surface area contributed by atoms with E-state index in [0.717, 1.165) is 40.8 Å². The topological polar surface area (TPSA) is 19.4 Å². The number of hydrogen-bond donors (Lipinski definition) is 0. The molecule has 0 radical (unpaired) electrons. The number of pyridine rings is 1. The van der Waals surface area contributed by atoms with Crippen molar-refractivity contribution in [2.24, 2.45) is 0 Å². The molecule has 0 amide bonds. The molecule has 1 aliphatic carbocycles. The van der Waals surface area contributed by atoms with Crippen LogP contribution in [0.4, 0.5) is 0 Å². The van der Waals surface area contributed by atoms with Gasteiger partial charge in [0.25, 0.3) is 0 Å². The summed E-state index contributed by atoms with van der Waals surface area (Å²) in [4.78, 5) is 10.1. The van der Waals surface area contributed by atoms with E-state index in [0.29, 0.717) is 0 Å². The van der Waals surface area contributed by atoms with Crippen LogP contribution in [0.2, 0.25) is 5.02 Å². The Balaban J connectivity index is 1.42. The van der Waals surface area contributed by atoms with Gasteiger partial charge in [0.2, 0.25) is 0 Å². The lowest BCUT2D eigenvalue weighted by Crippen LogP contribution is -2.36. The van der Waals surface area contributed by atoms with Crippen molar-refractivity contribution in [1.29, 1.82) is 0 Å². The monoisotopic (exact) mass is 343 g/mol. The van der Waals surface area contributed by atoms with Gasteiger partial charge in [0, 0.05) is 31.1 Å². The van der Waals surface area contributed by atoms with Gasteiger partial charge in [0.15, 0.2) is 0 Å². The van der Waals surface area contributed by atoms with Gasteiger partial charge in [-0.1, -0.05) is 42.6 Å². The molecule has 2 fully saturated rings. The summed E-state index contributed by atoms with van der Waals surface area (Å²) in [6, 6.07) is 11.1. The van der Waals surface area contributed by atoms with E-state index in [-0.39, 0.29) is 0 Å². The molecule has 1 aromatic heterocycles. The zero-order valence-corrected chi connectivity index (χ0v) is 15.0. The number of benzene rings is 1. The minimum Gasteiger partial charge on any atom is -0.299 e. The highest BCUT2D eigenvalue weighted by Crippen LogP contribution is 2.25. The van der Waals surface area contributed by atoms with E-state index in [1.807, 2.05) is 12.1 Å². The van der Waals surface area contributed by atoms with E-state index < -0.39 is 0 Å². The summed E-state index contributed by atoms with van der Waals surface area (Å²) in [5.74, 6) is 0. The van der Waals surface area contributed by atoms with Crippen molar-refractivity contribution in [3.05, 3.63) is 41.0 Å². The number of halogens is 1. The third-order valence-corrected chi connectivity index (χ3v) is 5.88. The molecule has 2 aliphatic rings. The molecule has 128 valence electrons. The Labute approximate surface area is 149 Å². The summed E-state index contributed by atoms with van der Waals surface area (Å²) in [6.07, 6.45) is 6.93. The molecule has 3 nitrogen and oxygen atoms in total. The number of rotatable bonds is 3. The summed E-state index contributed by atoms with van der Waals surface area (Å²) in [6.45, 7) is 5.72. The Morgan fingerprint density at radius 3 is 2.71 bits per heavy atom. The number of fused-ring (bicyclic) bond motifs is 1. The number of nitrogens with zero attached hydrogens (tertiary/aromatic N) is 3. The number of hydrogen-bond acceptors (Lipinski definition) is 3. The first-order chi connectivity index (χ1) is 11.8. The second-order valence-electron chi connectivity index (χ2n) is 7.22. The zero-order valence-electron chi connectivity index (χ0n) is 14.3. The fraction of sp³-hybridized carbons (Fsp3) is 0.550. The molecule has 1 aromatic carbocycles. The maximum atomic E-state index is 6.31. The van der Waals surface area contributed by atoms with E-state index in [9.17, 15) is 0 Å². The van der Waals surface area contributed by atoms with Crippen molar-refractivity contribution in [3.63, 3.8) is 0 Å². The van der Waals surface area contributed by atoms with Gasteiger partial charge >= 0.3 is 0 Å². The van der Waals surface area contributed by atoms with Gasteiger partial charge < -0.3 is 0 Å². The highest BCUT2D eigenvalue weighted by Gasteiger charge is 2.24. The maximum absolute atomic E-state index is 6.31.